The van der Waals surface area contributed by atoms with Gasteiger partial charge in [-0.15, -0.1) is 0 Å². The van der Waals surface area contributed by atoms with Crippen LogP contribution in [0, 0.1) is 0 Å². The number of rotatable bonds is 3. The minimum Gasteiger partial charge on any atom is -0.443 e. The quantitative estimate of drug-likeness (QED) is 0.852. The first-order chi connectivity index (χ1) is 10.6. The number of amidine groups is 1. The summed E-state index contributed by atoms with van der Waals surface area (Å²) >= 11 is 0. The minimum atomic E-state index is -0.332. The molecule has 1 aromatic carbocycles. The molecule has 118 valence electrons. The van der Waals surface area contributed by atoms with Crippen LogP contribution in [0.15, 0.2) is 23.4 Å². The van der Waals surface area contributed by atoms with E-state index in [1.54, 1.807) is 12.0 Å². The van der Waals surface area contributed by atoms with Gasteiger partial charge in [0.2, 0.25) is 0 Å². The summed E-state index contributed by atoms with van der Waals surface area (Å²) in [5, 5.41) is 4.04. The molecule has 0 bridgehead atoms. The van der Waals surface area contributed by atoms with Crippen LogP contribution in [0.5, 0.6) is 0 Å². The number of fused-ring (bicyclic) bond motifs is 1. The smallest absolute Gasteiger partial charge is 0.414 e. The molecule has 0 aliphatic carbocycles. The lowest BCUT2D eigenvalue weighted by Crippen LogP contribution is -2.32. The van der Waals surface area contributed by atoms with E-state index in [1.807, 2.05) is 30.1 Å². The van der Waals surface area contributed by atoms with Crippen LogP contribution in [0.25, 0.3) is 0 Å². The molecule has 7 nitrogen and oxygen atoms in total. The molecule has 1 fully saturated rings. The average molecular weight is 304 g/mol. The van der Waals surface area contributed by atoms with Crippen molar-refractivity contribution in [2.75, 3.05) is 37.0 Å². The lowest BCUT2D eigenvalue weighted by molar-refractivity contribution is 0.145. The predicted octanol–water partition coefficient (Wildman–Crippen LogP) is 1.31. The first-order valence-corrected chi connectivity index (χ1v) is 7.29. The lowest BCUT2D eigenvalue weighted by Gasteiger charge is -2.29. The number of anilines is 2. The number of nitrogens with two attached hydrogens (primary N) is 1. The van der Waals surface area contributed by atoms with E-state index in [0.717, 1.165) is 30.1 Å². The van der Waals surface area contributed by atoms with Crippen molar-refractivity contribution in [2.24, 2.45) is 10.9 Å². The Morgan fingerprint density at radius 3 is 2.95 bits per heavy atom. The van der Waals surface area contributed by atoms with E-state index in [2.05, 4.69) is 5.16 Å². The Morgan fingerprint density at radius 1 is 1.45 bits per heavy atom. The summed E-state index contributed by atoms with van der Waals surface area (Å²) in [6.45, 7) is 0.840. The number of hydrogen-bond acceptors (Lipinski definition) is 5. The Kier molecular flexibility index (Phi) is 3.89. The van der Waals surface area contributed by atoms with Crippen molar-refractivity contribution in [1.82, 2.24) is 0 Å². The molecule has 2 aliphatic heterocycles. The highest BCUT2D eigenvalue weighted by Gasteiger charge is 2.32. The van der Waals surface area contributed by atoms with Gasteiger partial charge in [-0.25, -0.2) is 4.79 Å². The van der Waals surface area contributed by atoms with Crippen molar-refractivity contribution < 1.29 is 14.4 Å². The van der Waals surface area contributed by atoms with Gasteiger partial charge in [-0.2, -0.15) is 0 Å². The number of hydrogen-bond donors (Lipinski definition) is 1. The fourth-order valence-corrected chi connectivity index (χ4v) is 2.89. The number of nitrogens with zero attached hydrogens (tertiary/aromatic N) is 3. The van der Waals surface area contributed by atoms with E-state index in [9.17, 15) is 4.79 Å². The van der Waals surface area contributed by atoms with Gasteiger partial charge in [0, 0.05) is 31.4 Å². The highest BCUT2D eigenvalue weighted by atomic mass is 16.6. The van der Waals surface area contributed by atoms with Gasteiger partial charge in [0.05, 0.1) is 6.54 Å². The van der Waals surface area contributed by atoms with Crippen LogP contribution in [0.1, 0.15) is 12.0 Å². The highest BCUT2D eigenvalue weighted by molar-refractivity contribution is 6.00. The Balaban J connectivity index is 1.87. The summed E-state index contributed by atoms with van der Waals surface area (Å²) in [7, 11) is 3.51. The maximum atomic E-state index is 11.9. The van der Waals surface area contributed by atoms with E-state index in [-0.39, 0.29) is 12.2 Å². The van der Waals surface area contributed by atoms with Crippen molar-refractivity contribution in [3.05, 3.63) is 23.8 Å². The summed E-state index contributed by atoms with van der Waals surface area (Å²) in [6, 6.07) is 5.96. The zero-order valence-corrected chi connectivity index (χ0v) is 12.8. The summed E-state index contributed by atoms with van der Waals surface area (Å²) < 4.78 is 5.21. The van der Waals surface area contributed by atoms with Crippen LogP contribution < -0.4 is 15.5 Å². The van der Waals surface area contributed by atoms with Gasteiger partial charge in [0.25, 0.3) is 0 Å². The number of benzene rings is 1. The molecule has 0 saturated carbocycles. The van der Waals surface area contributed by atoms with Crippen LogP contribution in [0.3, 0.4) is 0 Å². The molecular formula is C15H20N4O3. The largest absolute Gasteiger partial charge is 0.443 e. The molecule has 1 saturated heterocycles. The van der Waals surface area contributed by atoms with Crippen molar-refractivity contribution in [2.45, 2.75) is 18.9 Å². The molecule has 2 aliphatic rings. The summed E-state index contributed by atoms with van der Waals surface area (Å²) in [4.78, 5) is 20.4. The molecule has 22 heavy (non-hydrogen) atoms. The molecule has 1 atom stereocenters. The number of aryl methyl sites for hydroxylation is 1. The Labute approximate surface area is 129 Å². The molecule has 0 unspecified atom stereocenters. The van der Waals surface area contributed by atoms with Gasteiger partial charge in [0.1, 0.15) is 19.0 Å². The van der Waals surface area contributed by atoms with E-state index in [0.29, 0.717) is 13.1 Å². The van der Waals surface area contributed by atoms with Crippen LogP contribution >= 0.6 is 0 Å². The Bertz CT molecular complexity index is 617. The summed E-state index contributed by atoms with van der Waals surface area (Å²) in [5.41, 5.74) is 8.68. The third-order valence-corrected chi connectivity index (χ3v) is 4.07. The third kappa shape index (κ3) is 2.48. The summed E-state index contributed by atoms with van der Waals surface area (Å²) in [6.07, 6.45) is 1.10. The SMILES string of the molecule is CON=C1CCc2cc(N3C[C@@H](CN)OC3=O)ccc2N1C. The molecule has 0 spiro atoms. The minimum absolute atomic E-state index is 0.230. The third-order valence-electron chi connectivity index (χ3n) is 4.07. The monoisotopic (exact) mass is 304 g/mol. The van der Waals surface area contributed by atoms with Crippen LogP contribution in [0.4, 0.5) is 16.2 Å². The topological polar surface area (TPSA) is 80.4 Å². The van der Waals surface area contributed by atoms with Gasteiger partial charge in [-0.05, 0) is 30.2 Å². The van der Waals surface area contributed by atoms with Crippen LogP contribution in [0.2, 0.25) is 0 Å². The lowest BCUT2D eigenvalue weighted by atomic mass is 10.0. The maximum Gasteiger partial charge on any atom is 0.414 e. The van der Waals surface area contributed by atoms with Gasteiger partial charge in [0.15, 0.2) is 0 Å². The first-order valence-electron chi connectivity index (χ1n) is 7.29. The number of cyclic esters (lactones) is 1. The Morgan fingerprint density at radius 2 is 2.27 bits per heavy atom. The predicted molar refractivity (Wildman–Crippen MR) is 84.3 cm³/mol. The van der Waals surface area contributed by atoms with Crippen molar-refractivity contribution >= 4 is 23.3 Å². The number of ether oxygens (including phenoxy) is 1. The standard InChI is InChI=1S/C15H20N4O3/c1-18-13-5-4-11(19-9-12(8-16)22-15(19)20)7-10(13)3-6-14(18)17-21-2/h4-5,7,12H,3,6,8-9,16H2,1-2H3/t12-/m1/s1. The first kappa shape index (κ1) is 14.6. The zero-order chi connectivity index (χ0) is 15.7. The second-order valence-corrected chi connectivity index (χ2v) is 5.41. The van der Waals surface area contributed by atoms with Gasteiger partial charge in [-0.1, -0.05) is 5.16 Å². The van der Waals surface area contributed by atoms with E-state index in [1.165, 1.54) is 5.56 Å². The van der Waals surface area contributed by atoms with Crippen LogP contribution in [-0.4, -0.2) is 45.3 Å². The molecule has 1 aromatic rings. The number of carbonyl (C=O) groups is 1. The number of carbonyl (C=O) groups excluding carboxylic acids is 1. The molecule has 0 radical (unpaired) electrons. The second-order valence-electron chi connectivity index (χ2n) is 5.41. The molecule has 2 heterocycles. The van der Waals surface area contributed by atoms with E-state index >= 15 is 0 Å². The highest BCUT2D eigenvalue weighted by Crippen LogP contribution is 2.32. The zero-order valence-electron chi connectivity index (χ0n) is 12.8. The molecule has 2 N–H and O–H groups in total. The van der Waals surface area contributed by atoms with Crippen molar-refractivity contribution in [3.8, 4) is 0 Å². The van der Waals surface area contributed by atoms with Gasteiger partial charge >= 0.3 is 6.09 Å². The van der Waals surface area contributed by atoms with Gasteiger partial charge < -0.3 is 20.2 Å². The average Bonchev–Trinajstić information content (AvgIpc) is 2.91. The molecule has 1 amide bonds. The maximum absolute atomic E-state index is 11.9. The molecule has 7 heteroatoms. The number of amides is 1. The van der Waals surface area contributed by atoms with Crippen molar-refractivity contribution in [1.29, 1.82) is 0 Å². The fraction of sp³-hybridized carbons (Fsp3) is 0.467. The van der Waals surface area contributed by atoms with Crippen molar-refractivity contribution in [3.63, 3.8) is 0 Å². The van der Waals surface area contributed by atoms with Gasteiger partial charge in [-0.3, -0.25) is 4.90 Å². The summed E-state index contributed by atoms with van der Waals surface area (Å²) in [5.74, 6) is 0.895. The molecule has 3 rings (SSSR count). The number of oxime groups is 1. The normalized spacial score (nSPS) is 22.8. The second kappa shape index (κ2) is 5.84. The van der Waals surface area contributed by atoms with E-state index in [4.69, 9.17) is 15.3 Å². The Hall–Kier alpha value is -2.28. The van der Waals surface area contributed by atoms with E-state index < -0.39 is 0 Å². The molecule has 0 aromatic heterocycles. The fourth-order valence-electron chi connectivity index (χ4n) is 2.89. The van der Waals surface area contributed by atoms with Crippen LogP contribution in [-0.2, 0) is 16.0 Å². The molecular weight excluding hydrogens is 284 g/mol.